The molecule has 1 unspecified atom stereocenters. The highest BCUT2D eigenvalue weighted by atomic mass is 16.2. The van der Waals surface area contributed by atoms with Crippen LogP contribution in [-0.2, 0) is 9.59 Å². The maximum absolute atomic E-state index is 12.8. The Bertz CT molecular complexity index is 644. The van der Waals surface area contributed by atoms with Gasteiger partial charge < -0.3 is 0 Å². The fourth-order valence-corrected chi connectivity index (χ4v) is 4.45. The number of fused-ring (bicyclic) bond motifs is 5. The van der Waals surface area contributed by atoms with Crippen LogP contribution in [0.3, 0.4) is 0 Å². The number of hydrogen-bond donors (Lipinski definition) is 0. The number of benzene rings is 1. The average Bonchev–Trinajstić information content (AvgIpc) is 3.10. The number of carbonyl (C=O) groups excluding carboxylic acids is 2. The Kier molecular flexibility index (Phi) is 2.49. The summed E-state index contributed by atoms with van der Waals surface area (Å²) in [6.07, 6.45) is 4.23. The molecule has 21 heavy (non-hydrogen) atoms. The number of rotatable bonds is 2. The van der Waals surface area contributed by atoms with Crippen molar-refractivity contribution in [2.45, 2.75) is 6.92 Å². The Morgan fingerprint density at radius 3 is 2.00 bits per heavy atom. The molecule has 5 atom stereocenters. The lowest BCUT2D eigenvalue weighted by Gasteiger charge is -2.22. The molecule has 4 rings (SSSR count). The molecule has 3 heteroatoms. The van der Waals surface area contributed by atoms with Crippen LogP contribution >= 0.6 is 0 Å². The van der Waals surface area contributed by atoms with E-state index in [-0.39, 0.29) is 41.4 Å². The van der Waals surface area contributed by atoms with Crippen LogP contribution < -0.4 is 4.90 Å². The lowest BCUT2D eigenvalue weighted by atomic mass is 9.85. The van der Waals surface area contributed by atoms with Gasteiger partial charge in [-0.15, -0.1) is 0 Å². The first-order valence-electron chi connectivity index (χ1n) is 7.38. The van der Waals surface area contributed by atoms with E-state index in [1.54, 1.807) is 0 Å². The highest BCUT2D eigenvalue weighted by Gasteiger charge is 2.63. The minimum absolute atomic E-state index is 0.0423. The zero-order chi connectivity index (χ0) is 14.7. The highest BCUT2D eigenvalue weighted by Crippen LogP contribution is 2.58. The van der Waals surface area contributed by atoms with Gasteiger partial charge in [0.2, 0.25) is 11.8 Å². The molecule has 106 valence electrons. The fourth-order valence-electron chi connectivity index (χ4n) is 4.45. The molecule has 1 saturated heterocycles. The summed E-state index contributed by atoms with van der Waals surface area (Å²) in [6.45, 7) is 6.06. The van der Waals surface area contributed by atoms with Gasteiger partial charge in [-0.05, 0) is 36.8 Å². The molecular weight excluding hydrogens is 262 g/mol. The van der Waals surface area contributed by atoms with Crippen molar-refractivity contribution >= 4 is 17.5 Å². The van der Waals surface area contributed by atoms with E-state index in [4.69, 9.17) is 0 Å². The van der Waals surface area contributed by atoms with Gasteiger partial charge >= 0.3 is 0 Å². The molecule has 0 N–H and O–H groups in total. The zero-order valence-corrected chi connectivity index (χ0v) is 11.9. The molecule has 1 aromatic carbocycles. The Balaban J connectivity index is 1.75. The van der Waals surface area contributed by atoms with Crippen LogP contribution in [0.4, 0.5) is 5.69 Å². The molecule has 3 nitrogen and oxygen atoms in total. The van der Waals surface area contributed by atoms with Crippen molar-refractivity contribution in [1.82, 2.24) is 0 Å². The van der Waals surface area contributed by atoms with Gasteiger partial charge in [0, 0.05) is 0 Å². The topological polar surface area (TPSA) is 37.4 Å². The van der Waals surface area contributed by atoms with Gasteiger partial charge in [0.1, 0.15) is 0 Å². The third kappa shape index (κ3) is 1.49. The van der Waals surface area contributed by atoms with Crippen molar-refractivity contribution < 1.29 is 9.59 Å². The van der Waals surface area contributed by atoms with Crippen LogP contribution in [0.2, 0.25) is 0 Å². The number of para-hydroxylation sites is 1. The molecule has 0 radical (unpaired) electrons. The molecule has 2 fully saturated rings. The lowest BCUT2D eigenvalue weighted by molar-refractivity contribution is -0.123. The first kappa shape index (κ1) is 12.6. The van der Waals surface area contributed by atoms with Crippen molar-refractivity contribution in [3.63, 3.8) is 0 Å². The molecule has 0 spiro atoms. The van der Waals surface area contributed by atoms with Gasteiger partial charge in [0.05, 0.1) is 17.5 Å². The van der Waals surface area contributed by atoms with Crippen LogP contribution in [-0.4, -0.2) is 11.8 Å². The standard InChI is InChI=1S/C18H17NO2/c1-10(2)14-12-8-9-13(14)16-15(12)17(20)19(18(16)21)11-6-4-3-5-7-11/h3-9,12-16H,1H2,2H3/t12-,13+,14?,15+,16-. The summed E-state index contributed by atoms with van der Waals surface area (Å²) < 4.78 is 0. The normalized spacial score (nSPS) is 36.4. The molecular formula is C18H17NO2. The molecule has 2 aliphatic carbocycles. The second-order valence-corrected chi connectivity index (χ2v) is 6.31. The zero-order valence-electron chi connectivity index (χ0n) is 11.9. The van der Waals surface area contributed by atoms with Gasteiger partial charge in [-0.25, -0.2) is 0 Å². The average molecular weight is 279 g/mol. The molecule has 1 aromatic rings. The number of imide groups is 1. The fraction of sp³-hybridized carbons (Fsp3) is 0.333. The molecule has 2 bridgehead atoms. The number of anilines is 1. The van der Waals surface area contributed by atoms with E-state index >= 15 is 0 Å². The predicted octanol–water partition coefficient (Wildman–Crippen LogP) is 2.80. The molecule has 1 aliphatic heterocycles. The Morgan fingerprint density at radius 2 is 1.52 bits per heavy atom. The number of allylic oxidation sites excluding steroid dienone is 3. The maximum Gasteiger partial charge on any atom is 0.238 e. The van der Waals surface area contributed by atoms with E-state index < -0.39 is 0 Å². The summed E-state index contributed by atoms with van der Waals surface area (Å²) in [5.74, 6) is 0.0542. The molecule has 1 heterocycles. The van der Waals surface area contributed by atoms with E-state index in [1.165, 1.54) is 4.90 Å². The smallest absolute Gasteiger partial charge is 0.238 e. The third-order valence-electron chi connectivity index (χ3n) is 5.20. The largest absolute Gasteiger partial charge is 0.274 e. The quantitative estimate of drug-likeness (QED) is 0.616. The Hall–Kier alpha value is -2.16. The number of hydrogen-bond acceptors (Lipinski definition) is 2. The lowest BCUT2D eigenvalue weighted by Crippen LogP contribution is -2.34. The van der Waals surface area contributed by atoms with Crippen molar-refractivity contribution in [2.75, 3.05) is 4.90 Å². The van der Waals surface area contributed by atoms with E-state index in [0.29, 0.717) is 5.69 Å². The predicted molar refractivity (Wildman–Crippen MR) is 80.3 cm³/mol. The number of nitrogens with zero attached hydrogens (tertiary/aromatic N) is 1. The Morgan fingerprint density at radius 1 is 1.00 bits per heavy atom. The number of carbonyl (C=O) groups is 2. The SMILES string of the molecule is C=C(C)C1[C@H]2C=C[C@@H]1[C@H]1C(=O)N(c3ccccc3)C(=O)[C@H]12. The second-order valence-electron chi connectivity index (χ2n) is 6.31. The van der Waals surface area contributed by atoms with Crippen LogP contribution in [0, 0.1) is 29.6 Å². The van der Waals surface area contributed by atoms with E-state index in [2.05, 4.69) is 18.7 Å². The van der Waals surface area contributed by atoms with E-state index in [0.717, 1.165) is 5.57 Å². The highest BCUT2D eigenvalue weighted by molar-refractivity contribution is 6.22. The molecule has 1 saturated carbocycles. The first-order chi connectivity index (χ1) is 10.1. The number of amides is 2. The van der Waals surface area contributed by atoms with Gasteiger partial charge in [-0.2, -0.15) is 0 Å². The van der Waals surface area contributed by atoms with Gasteiger partial charge in [0.15, 0.2) is 0 Å². The van der Waals surface area contributed by atoms with Crippen molar-refractivity contribution in [1.29, 1.82) is 0 Å². The van der Waals surface area contributed by atoms with Gasteiger partial charge in [0.25, 0.3) is 0 Å². The Labute approximate surface area is 123 Å². The van der Waals surface area contributed by atoms with Gasteiger partial charge in [-0.3, -0.25) is 14.5 Å². The van der Waals surface area contributed by atoms with Crippen molar-refractivity contribution in [3.8, 4) is 0 Å². The van der Waals surface area contributed by atoms with Crippen LogP contribution in [0.5, 0.6) is 0 Å². The van der Waals surface area contributed by atoms with Crippen LogP contribution in [0.1, 0.15) is 6.92 Å². The monoisotopic (exact) mass is 279 g/mol. The van der Waals surface area contributed by atoms with Crippen LogP contribution in [0.15, 0.2) is 54.6 Å². The summed E-state index contributed by atoms with van der Waals surface area (Å²) >= 11 is 0. The maximum atomic E-state index is 12.8. The summed E-state index contributed by atoms with van der Waals surface area (Å²) in [7, 11) is 0. The summed E-state index contributed by atoms with van der Waals surface area (Å²) in [5, 5.41) is 0. The van der Waals surface area contributed by atoms with E-state index in [9.17, 15) is 9.59 Å². The van der Waals surface area contributed by atoms with Crippen molar-refractivity contribution in [2.24, 2.45) is 29.6 Å². The summed E-state index contributed by atoms with van der Waals surface area (Å²) in [5.41, 5.74) is 1.77. The summed E-state index contributed by atoms with van der Waals surface area (Å²) in [6, 6.07) is 9.24. The minimum atomic E-state index is -0.200. The third-order valence-corrected chi connectivity index (χ3v) is 5.20. The molecule has 2 amide bonds. The van der Waals surface area contributed by atoms with Gasteiger partial charge in [-0.1, -0.05) is 42.5 Å². The molecule has 0 aromatic heterocycles. The summed E-state index contributed by atoms with van der Waals surface area (Å²) in [4.78, 5) is 27.0. The van der Waals surface area contributed by atoms with Crippen LogP contribution in [0.25, 0.3) is 0 Å². The minimum Gasteiger partial charge on any atom is -0.274 e. The van der Waals surface area contributed by atoms with E-state index in [1.807, 2.05) is 37.3 Å². The van der Waals surface area contributed by atoms with Crippen molar-refractivity contribution in [3.05, 3.63) is 54.6 Å². The molecule has 3 aliphatic rings. The second kappa shape index (κ2) is 4.17. The first-order valence-corrected chi connectivity index (χ1v) is 7.38.